The zero-order chi connectivity index (χ0) is 16.3. The molecular formula is C10H20O10. The average molecular weight is 300 g/mol. The molecule has 0 amide bonds. The lowest BCUT2D eigenvalue weighted by molar-refractivity contribution is -0.137. The molecule has 20 heavy (non-hydrogen) atoms. The molecule has 0 heterocycles. The van der Waals surface area contributed by atoms with Gasteiger partial charge in [-0.25, -0.2) is 0 Å². The summed E-state index contributed by atoms with van der Waals surface area (Å²) in [6.07, 6.45) is -7.82. The standard InChI is InChI=1S/2C5H10O5/c2*6-1-3(8)5(10)4(9)2-7/h3,5-8,10H,1-2H2;1,3-5,7-10H,2H2/t3-,5-;3-,4-,5+/m00/s1. The van der Waals surface area contributed by atoms with E-state index in [9.17, 15) is 9.59 Å². The van der Waals surface area contributed by atoms with Gasteiger partial charge in [0.2, 0.25) is 0 Å². The minimum absolute atomic E-state index is 0.0869. The van der Waals surface area contributed by atoms with Crippen molar-refractivity contribution in [1.29, 1.82) is 0 Å². The van der Waals surface area contributed by atoms with Crippen LogP contribution in [0.5, 0.6) is 0 Å². The van der Waals surface area contributed by atoms with Crippen molar-refractivity contribution in [3.63, 3.8) is 0 Å². The molecule has 0 aromatic rings. The van der Waals surface area contributed by atoms with Crippen LogP contribution in [-0.2, 0) is 9.59 Å². The Morgan fingerprint density at radius 2 is 1.35 bits per heavy atom. The summed E-state index contributed by atoms with van der Waals surface area (Å²) in [4.78, 5) is 20.1. The Labute approximate surface area is 114 Å². The number of hydrogen-bond donors (Lipinski definition) is 8. The Morgan fingerprint density at radius 1 is 0.900 bits per heavy atom. The van der Waals surface area contributed by atoms with Crippen LogP contribution in [0.1, 0.15) is 0 Å². The van der Waals surface area contributed by atoms with Crippen LogP contribution in [0.15, 0.2) is 0 Å². The van der Waals surface area contributed by atoms with Crippen molar-refractivity contribution >= 4 is 12.1 Å². The number of aliphatic hydroxyl groups is 8. The van der Waals surface area contributed by atoms with Crippen LogP contribution in [0.2, 0.25) is 0 Å². The lowest BCUT2D eigenvalue weighted by atomic mass is 10.1. The van der Waals surface area contributed by atoms with Crippen LogP contribution < -0.4 is 0 Å². The summed E-state index contributed by atoms with van der Waals surface area (Å²) in [6, 6.07) is 0. The van der Waals surface area contributed by atoms with E-state index in [-0.39, 0.29) is 6.29 Å². The molecule has 0 unspecified atom stereocenters. The first-order valence-electron chi connectivity index (χ1n) is 5.47. The molecule has 0 aliphatic rings. The minimum atomic E-state index is -1.69. The van der Waals surface area contributed by atoms with Crippen LogP contribution in [-0.4, -0.2) is 103 Å². The summed E-state index contributed by atoms with van der Waals surface area (Å²) in [7, 11) is 0. The SMILES string of the molecule is O=C(CO)[C@@H](O)[C@@H](O)CO.O=C[C@H](O)[C@@H](O)[C@@H](O)CO. The van der Waals surface area contributed by atoms with E-state index < -0.39 is 56.1 Å². The molecule has 0 aliphatic carbocycles. The smallest absolute Gasteiger partial charge is 0.189 e. The Kier molecular flexibility index (Phi) is 12.6. The van der Waals surface area contributed by atoms with Gasteiger partial charge >= 0.3 is 0 Å². The second-order valence-electron chi connectivity index (χ2n) is 3.69. The molecule has 10 heteroatoms. The largest absolute Gasteiger partial charge is 0.394 e. The highest BCUT2D eigenvalue weighted by atomic mass is 16.4. The number of carbonyl (C=O) groups excluding carboxylic acids is 2. The Hall–Kier alpha value is -0.980. The first-order chi connectivity index (χ1) is 9.26. The van der Waals surface area contributed by atoms with Crippen LogP contribution in [0.25, 0.3) is 0 Å². The molecular weight excluding hydrogens is 280 g/mol. The summed E-state index contributed by atoms with van der Waals surface area (Å²) in [5, 5.41) is 67.7. The zero-order valence-corrected chi connectivity index (χ0v) is 10.5. The highest BCUT2D eigenvalue weighted by Crippen LogP contribution is 1.96. The third kappa shape index (κ3) is 8.24. The predicted octanol–water partition coefficient (Wildman–Crippen LogP) is -5.48. The van der Waals surface area contributed by atoms with Gasteiger partial charge in [0, 0.05) is 0 Å². The zero-order valence-electron chi connectivity index (χ0n) is 10.5. The number of aliphatic hydroxyl groups excluding tert-OH is 8. The van der Waals surface area contributed by atoms with Gasteiger partial charge < -0.3 is 45.6 Å². The number of Topliss-reactive ketones (excluding diaryl/α,β-unsaturated/α-hetero) is 1. The molecule has 0 fully saturated rings. The molecule has 0 saturated heterocycles. The summed E-state index contributed by atoms with van der Waals surface area (Å²) < 4.78 is 0. The van der Waals surface area contributed by atoms with E-state index in [4.69, 9.17) is 40.9 Å². The molecule has 0 spiro atoms. The fraction of sp³-hybridized carbons (Fsp3) is 0.800. The van der Waals surface area contributed by atoms with E-state index >= 15 is 0 Å². The molecule has 10 nitrogen and oxygen atoms in total. The van der Waals surface area contributed by atoms with E-state index in [2.05, 4.69) is 0 Å². The third-order valence-electron chi connectivity index (χ3n) is 2.11. The van der Waals surface area contributed by atoms with E-state index in [0.29, 0.717) is 0 Å². The monoisotopic (exact) mass is 300 g/mol. The maximum atomic E-state index is 10.3. The second-order valence-corrected chi connectivity index (χ2v) is 3.69. The summed E-state index contributed by atoms with van der Waals surface area (Å²) >= 11 is 0. The Morgan fingerprint density at radius 3 is 1.65 bits per heavy atom. The number of ketones is 1. The number of hydrogen-bond acceptors (Lipinski definition) is 10. The number of rotatable bonds is 8. The Balaban J connectivity index is 0. The van der Waals surface area contributed by atoms with Gasteiger partial charge in [-0.1, -0.05) is 0 Å². The predicted molar refractivity (Wildman–Crippen MR) is 62.4 cm³/mol. The summed E-state index contributed by atoms with van der Waals surface area (Å²) in [5.41, 5.74) is 0. The van der Waals surface area contributed by atoms with E-state index in [1.165, 1.54) is 0 Å². The van der Waals surface area contributed by atoms with Gasteiger partial charge in [-0.15, -0.1) is 0 Å². The molecule has 120 valence electrons. The molecule has 0 aromatic carbocycles. The van der Waals surface area contributed by atoms with E-state index in [1.807, 2.05) is 0 Å². The van der Waals surface area contributed by atoms with Crippen LogP contribution in [0.4, 0.5) is 0 Å². The van der Waals surface area contributed by atoms with Gasteiger partial charge in [-0.05, 0) is 0 Å². The molecule has 0 rings (SSSR count). The lowest BCUT2D eigenvalue weighted by Crippen LogP contribution is -2.40. The maximum Gasteiger partial charge on any atom is 0.189 e. The Bertz CT molecular complexity index is 271. The van der Waals surface area contributed by atoms with Crippen molar-refractivity contribution in [3.8, 4) is 0 Å². The van der Waals surface area contributed by atoms with Crippen molar-refractivity contribution in [2.75, 3.05) is 19.8 Å². The van der Waals surface area contributed by atoms with E-state index in [1.54, 1.807) is 0 Å². The first kappa shape index (κ1) is 21.3. The van der Waals surface area contributed by atoms with Gasteiger partial charge in [0.05, 0.1) is 13.2 Å². The first-order valence-corrected chi connectivity index (χ1v) is 5.47. The van der Waals surface area contributed by atoms with Crippen molar-refractivity contribution in [3.05, 3.63) is 0 Å². The summed E-state index contributed by atoms with van der Waals surface area (Å²) in [6.45, 7) is -2.23. The quantitative estimate of drug-likeness (QED) is 0.200. The number of carbonyl (C=O) groups is 2. The van der Waals surface area contributed by atoms with Crippen molar-refractivity contribution in [2.45, 2.75) is 30.5 Å². The van der Waals surface area contributed by atoms with Gasteiger partial charge in [-0.3, -0.25) is 4.79 Å². The molecule has 0 bridgehead atoms. The topological polar surface area (TPSA) is 196 Å². The van der Waals surface area contributed by atoms with E-state index in [0.717, 1.165) is 0 Å². The molecule has 0 saturated carbocycles. The van der Waals surface area contributed by atoms with Gasteiger partial charge in [0.25, 0.3) is 0 Å². The van der Waals surface area contributed by atoms with Gasteiger partial charge in [-0.2, -0.15) is 0 Å². The minimum Gasteiger partial charge on any atom is -0.394 e. The van der Waals surface area contributed by atoms with Crippen molar-refractivity contribution in [2.24, 2.45) is 0 Å². The van der Waals surface area contributed by atoms with Crippen molar-refractivity contribution < 1.29 is 50.4 Å². The fourth-order valence-corrected chi connectivity index (χ4v) is 0.824. The number of aldehydes is 1. The molecule has 0 aromatic heterocycles. The summed E-state index contributed by atoms with van der Waals surface area (Å²) in [5.74, 6) is -0.901. The second kappa shape index (κ2) is 11.8. The molecule has 8 N–H and O–H groups in total. The van der Waals surface area contributed by atoms with Crippen LogP contribution in [0, 0.1) is 0 Å². The molecule has 5 atom stereocenters. The highest BCUT2D eigenvalue weighted by Gasteiger charge is 2.23. The van der Waals surface area contributed by atoms with Crippen LogP contribution >= 0.6 is 0 Å². The van der Waals surface area contributed by atoms with Gasteiger partial charge in [0.15, 0.2) is 12.1 Å². The van der Waals surface area contributed by atoms with Crippen LogP contribution in [0.3, 0.4) is 0 Å². The fourth-order valence-electron chi connectivity index (χ4n) is 0.824. The van der Waals surface area contributed by atoms with Gasteiger partial charge in [0.1, 0.15) is 37.1 Å². The highest BCUT2D eigenvalue weighted by molar-refractivity contribution is 5.84. The van der Waals surface area contributed by atoms with Crippen molar-refractivity contribution in [1.82, 2.24) is 0 Å². The normalized spacial score (nSPS) is 18.0. The maximum absolute atomic E-state index is 10.3. The third-order valence-corrected chi connectivity index (χ3v) is 2.11. The lowest BCUT2D eigenvalue weighted by Gasteiger charge is -2.16. The average Bonchev–Trinajstić information content (AvgIpc) is 2.50. The molecule has 0 radical (unpaired) electrons. The molecule has 0 aliphatic heterocycles.